The Balaban J connectivity index is 1.24. The minimum Gasteiger partial charge on any atom is -0.456 e. The molecule has 3 aromatic heterocycles. The summed E-state index contributed by atoms with van der Waals surface area (Å²) in [4.78, 5) is 11.7. The summed E-state index contributed by atoms with van der Waals surface area (Å²) in [5.41, 5.74) is 3.05. The van der Waals surface area contributed by atoms with Crippen LogP contribution in [0.25, 0.3) is 21.3 Å². The predicted octanol–water partition coefficient (Wildman–Crippen LogP) is 6.82. The third-order valence-corrected chi connectivity index (χ3v) is 7.79. The van der Waals surface area contributed by atoms with Crippen molar-refractivity contribution in [1.82, 2.24) is 24.6 Å². The van der Waals surface area contributed by atoms with Gasteiger partial charge in [0.25, 0.3) is 0 Å². The zero-order valence-electron chi connectivity index (χ0n) is 21.3. The van der Waals surface area contributed by atoms with Gasteiger partial charge in [0, 0.05) is 42.2 Å². The SMILES string of the molecule is CCCN(CC)CCn1cc(-c2cncc(Oc3ccc4nc(NC5CCCCC5)sc4c3)c2)cn1. The Morgan fingerprint density at radius 2 is 1.92 bits per heavy atom. The molecular weight excluding hydrogens is 468 g/mol. The highest BCUT2D eigenvalue weighted by atomic mass is 32.1. The molecule has 3 heterocycles. The van der Waals surface area contributed by atoms with Crippen molar-refractivity contribution >= 4 is 26.7 Å². The normalized spacial score (nSPS) is 14.5. The average molecular weight is 505 g/mol. The molecule has 1 N–H and O–H groups in total. The first-order valence-corrected chi connectivity index (χ1v) is 14.1. The summed E-state index contributed by atoms with van der Waals surface area (Å²) < 4.78 is 9.33. The molecule has 5 rings (SSSR count). The van der Waals surface area contributed by atoms with Crippen LogP contribution in [0.5, 0.6) is 11.5 Å². The third-order valence-electron chi connectivity index (χ3n) is 6.84. The van der Waals surface area contributed by atoms with Crippen LogP contribution in [-0.4, -0.2) is 50.3 Å². The number of rotatable bonds is 11. The van der Waals surface area contributed by atoms with Crippen LogP contribution < -0.4 is 10.1 Å². The molecule has 0 aliphatic heterocycles. The minimum absolute atomic E-state index is 0.551. The molecule has 36 heavy (non-hydrogen) atoms. The van der Waals surface area contributed by atoms with Crippen molar-refractivity contribution in [2.45, 2.75) is 65.0 Å². The van der Waals surface area contributed by atoms with E-state index >= 15 is 0 Å². The maximum Gasteiger partial charge on any atom is 0.184 e. The second-order valence-electron chi connectivity index (χ2n) is 9.57. The molecule has 4 aromatic rings. The van der Waals surface area contributed by atoms with Crippen molar-refractivity contribution in [1.29, 1.82) is 0 Å². The molecular formula is C28H36N6OS. The number of aromatic nitrogens is 4. The van der Waals surface area contributed by atoms with E-state index in [1.54, 1.807) is 17.5 Å². The van der Waals surface area contributed by atoms with Gasteiger partial charge in [-0.15, -0.1) is 0 Å². The van der Waals surface area contributed by atoms with Crippen molar-refractivity contribution in [2.75, 3.05) is 25.0 Å². The van der Waals surface area contributed by atoms with Crippen LogP contribution in [-0.2, 0) is 6.54 Å². The average Bonchev–Trinajstić information content (AvgIpc) is 3.54. The largest absolute Gasteiger partial charge is 0.456 e. The van der Waals surface area contributed by atoms with Crippen LogP contribution >= 0.6 is 11.3 Å². The quantitative estimate of drug-likeness (QED) is 0.242. The number of benzene rings is 1. The van der Waals surface area contributed by atoms with E-state index in [9.17, 15) is 0 Å². The molecule has 0 amide bonds. The maximum absolute atomic E-state index is 6.20. The molecule has 1 aromatic carbocycles. The highest BCUT2D eigenvalue weighted by Crippen LogP contribution is 2.33. The van der Waals surface area contributed by atoms with Crippen LogP contribution in [0.1, 0.15) is 52.4 Å². The summed E-state index contributed by atoms with van der Waals surface area (Å²) in [5, 5.41) is 9.20. The molecule has 1 aliphatic rings. The third kappa shape index (κ3) is 6.23. The molecule has 0 unspecified atom stereocenters. The van der Waals surface area contributed by atoms with E-state index in [2.05, 4.69) is 46.4 Å². The van der Waals surface area contributed by atoms with Crippen LogP contribution in [0, 0.1) is 0 Å². The van der Waals surface area contributed by atoms with Crippen molar-refractivity contribution in [3.8, 4) is 22.6 Å². The summed E-state index contributed by atoms with van der Waals surface area (Å²) in [6.45, 7) is 8.51. The van der Waals surface area contributed by atoms with E-state index in [-0.39, 0.29) is 0 Å². The summed E-state index contributed by atoms with van der Waals surface area (Å²) >= 11 is 1.70. The van der Waals surface area contributed by atoms with E-state index in [0.717, 1.165) is 58.4 Å². The zero-order valence-corrected chi connectivity index (χ0v) is 22.1. The van der Waals surface area contributed by atoms with E-state index < -0.39 is 0 Å². The monoisotopic (exact) mass is 504 g/mol. The number of ether oxygens (including phenoxy) is 1. The fourth-order valence-electron chi connectivity index (χ4n) is 4.84. The molecule has 1 aliphatic carbocycles. The van der Waals surface area contributed by atoms with Crippen LogP contribution in [0.15, 0.2) is 49.1 Å². The number of hydrogen-bond donors (Lipinski definition) is 1. The lowest BCUT2D eigenvalue weighted by Gasteiger charge is -2.22. The van der Waals surface area contributed by atoms with Gasteiger partial charge in [-0.05, 0) is 50.6 Å². The van der Waals surface area contributed by atoms with Crippen molar-refractivity contribution in [3.05, 3.63) is 49.1 Å². The van der Waals surface area contributed by atoms with Gasteiger partial charge in [-0.3, -0.25) is 9.67 Å². The first-order valence-electron chi connectivity index (χ1n) is 13.3. The molecule has 0 radical (unpaired) electrons. The first kappa shape index (κ1) is 24.7. The van der Waals surface area contributed by atoms with Crippen LogP contribution in [0.3, 0.4) is 0 Å². The number of thiazole rings is 1. The second kappa shape index (κ2) is 11.8. The van der Waals surface area contributed by atoms with Gasteiger partial charge in [-0.25, -0.2) is 4.98 Å². The van der Waals surface area contributed by atoms with Crippen molar-refractivity contribution < 1.29 is 4.74 Å². The maximum atomic E-state index is 6.20. The number of nitrogens with one attached hydrogen (secondary N) is 1. The topological polar surface area (TPSA) is 68.1 Å². The van der Waals surface area contributed by atoms with Gasteiger partial charge in [-0.1, -0.05) is 44.4 Å². The summed E-state index contributed by atoms with van der Waals surface area (Å²) in [7, 11) is 0. The van der Waals surface area contributed by atoms with Gasteiger partial charge in [-0.2, -0.15) is 5.10 Å². The summed E-state index contributed by atoms with van der Waals surface area (Å²) in [6, 6.07) is 8.66. The number of pyridine rings is 1. The van der Waals surface area contributed by atoms with E-state index in [1.165, 1.54) is 38.5 Å². The molecule has 190 valence electrons. The number of nitrogens with zero attached hydrogens (tertiary/aromatic N) is 5. The van der Waals surface area contributed by atoms with Crippen molar-refractivity contribution in [3.63, 3.8) is 0 Å². The Hall–Kier alpha value is -2.97. The Labute approximate surface area is 217 Å². The Kier molecular flexibility index (Phi) is 8.13. The zero-order chi connectivity index (χ0) is 24.7. The van der Waals surface area contributed by atoms with Crippen LogP contribution in [0.2, 0.25) is 0 Å². The Morgan fingerprint density at radius 3 is 2.75 bits per heavy atom. The highest BCUT2D eigenvalue weighted by Gasteiger charge is 2.15. The van der Waals surface area contributed by atoms with Gasteiger partial charge >= 0.3 is 0 Å². The smallest absolute Gasteiger partial charge is 0.184 e. The lowest BCUT2D eigenvalue weighted by Crippen LogP contribution is -2.28. The lowest BCUT2D eigenvalue weighted by molar-refractivity contribution is 0.272. The highest BCUT2D eigenvalue weighted by molar-refractivity contribution is 7.22. The van der Waals surface area contributed by atoms with Gasteiger partial charge in [0.15, 0.2) is 5.13 Å². The van der Waals surface area contributed by atoms with Crippen molar-refractivity contribution in [2.24, 2.45) is 0 Å². The first-order chi connectivity index (χ1) is 17.7. The molecule has 0 spiro atoms. The number of likely N-dealkylation sites (N-methyl/N-ethyl adjacent to an activating group) is 1. The lowest BCUT2D eigenvalue weighted by atomic mass is 9.96. The minimum atomic E-state index is 0.551. The molecule has 0 bridgehead atoms. The summed E-state index contributed by atoms with van der Waals surface area (Å²) in [6.07, 6.45) is 15.2. The van der Waals surface area contributed by atoms with Gasteiger partial charge in [0.05, 0.1) is 29.2 Å². The summed E-state index contributed by atoms with van der Waals surface area (Å²) in [5.74, 6) is 1.50. The van der Waals surface area contributed by atoms with E-state index in [0.29, 0.717) is 11.8 Å². The molecule has 8 heteroatoms. The second-order valence-corrected chi connectivity index (χ2v) is 10.6. The van der Waals surface area contributed by atoms with Gasteiger partial charge in [0.1, 0.15) is 11.5 Å². The number of fused-ring (bicyclic) bond motifs is 1. The molecule has 0 atom stereocenters. The molecule has 7 nitrogen and oxygen atoms in total. The fourth-order valence-corrected chi connectivity index (χ4v) is 5.81. The van der Waals surface area contributed by atoms with E-state index in [4.69, 9.17) is 9.72 Å². The number of hydrogen-bond acceptors (Lipinski definition) is 7. The number of anilines is 1. The predicted molar refractivity (Wildman–Crippen MR) is 148 cm³/mol. The van der Waals surface area contributed by atoms with Gasteiger partial charge in [0.2, 0.25) is 0 Å². The molecule has 0 saturated heterocycles. The Morgan fingerprint density at radius 1 is 1.03 bits per heavy atom. The fraction of sp³-hybridized carbons (Fsp3) is 0.464. The van der Waals surface area contributed by atoms with E-state index in [1.807, 2.05) is 35.3 Å². The molecule has 1 saturated carbocycles. The Bertz CT molecular complexity index is 1260. The van der Waals surface area contributed by atoms with Gasteiger partial charge < -0.3 is 15.0 Å². The van der Waals surface area contributed by atoms with Crippen LogP contribution in [0.4, 0.5) is 5.13 Å². The molecule has 1 fully saturated rings. The standard InChI is InChI=1S/C28H36N6OS/c1-3-12-33(4-2)13-14-34-20-22(18-30-34)21-15-25(19-29-17-21)35-24-10-11-26-27(16-24)36-28(32-26)31-23-8-6-5-7-9-23/h10-11,15-20,23H,3-9,12-14H2,1-2H3,(H,31,32).